The van der Waals surface area contributed by atoms with E-state index in [1.54, 1.807) is 17.0 Å². The first-order valence-electron chi connectivity index (χ1n) is 6.25. The summed E-state index contributed by atoms with van der Waals surface area (Å²) < 4.78 is 62.5. The molecule has 1 saturated heterocycles. The highest BCUT2D eigenvalue weighted by atomic mass is 32.2. The third kappa shape index (κ3) is 1.89. The number of nitrogens with zero attached hydrogens (tertiary/aromatic N) is 2. The van der Waals surface area contributed by atoms with Crippen LogP contribution in [0.25, 0.3) is 0 Å². The van der Waals surface area contributed by atoms with Crippen LogP contribution < -0.4 is 4.90 Å². The molecule has 1 unspecified atom stereocenters. The second-order valence-electron chi connectivity index (χ2n) is 4.94. The van der Waals surface area contributed by atoms with E-state index < -0.39 is 21.7 Å². The van der Waals surface area contributed by atoms with Crippen molar-refractivity contribution in [1.29, 1.82) is 0 Å². The number of hydrogen-bond acceptors (Lipinski definition) is 3. The molecule has 0 N–H and O–H groups in total. The van der Waals surface area contributed by atoms with Crippen molar-refractivity contribution in [2.75, 3.05) is 11.4 Å². The average molecular weight is 306 g/mol. The Bertz CT molecular complexity index is 630. The quantitative estimate of drug-likeness (QED) is 0.799. The van der Waals surface area contributed by atoms with Crippen LogP contribution in [0.3, 0.4) is 0 Å². The lowest BCUT2D eigenvalue weighted by Crippen LogP contribution is -2.54. The Kier molecular flexibility index (Phi) is 2.98. The summed E-state index contributed by atoms with van der Waals surface area (Å²) in [5, 5.41) is 0. The maximum absolute atomic E-state index is 12.8. The highest BCUT2D eigenvalue weighted by Crippen LogP contribution is 2.40. The van der Waals surface area contributed by atoms with Crippen LogP contribution >= 0.6 is 0 Å². The number of hydrogen-bond donors (Lipinski definition) is 0. The maximum Gasteiger partial charge on any atom is 0.511 e. The van der Waals surface area contributed by atoms with Gasteiger partial charge in [-0.3, -0.25) is 0 Å². The van der Waals surface area contributed by atoms with E-state index in [2.05, 4.69) is 0 Å². The van der Waals surface area contributed by atoms with Gasteiger partial charge in [-0.25, -0.2) is 8.42 Å². The van der Waals surface area contributed by atoms with Gasteiger partial charge in [0, 0.05) is 18.8 Å². The predicted molar refractivity (Wildman–Crippen MR) is 67.3 cm³/mol. The number of benzene rings is 1. The van der Waals surface area contributed by atoms with E-state index in [0.717, 1.165) is 5.69 Å². The van der Waals surface area contributed by atoms with E-state index in [9.17, 15) is 21.6 Å². The molecule has 1 aromatic carbocycles. The smallest absolute Gasteiger partial charge is 0.354 e. The van der Waals surface area contributed by atoms with Gasteiger partial charge in [-0.15, -0.1) is 0 Å². The lowest BCUT2D eigenvalue weighted by atomic mass is 10.1. The minimum absolute atomic E-state index is 0.223. The summed E-state index contributed by atoms with van der Waals surface area (Å²) in [7, 11) is -5.30. The molecule has 0 saturated carbocycles. The van der Waals surface area contributed by atoms with Crippen molar-refractivity contribution in [3.8, 4) is 0 Å². The van der Waals surface area contributed by atoms with Gasteiger partial charge in [0.15, 0.2) is 0 Å². The predicted octanol–water partition coefficient (Wildman–Crippen LogP) is 2.28. The number of fused-ring (bicyclic) bond motifs is 3. The molecule has 1 atom stereocenters. The van der Waals surface area contributed by atoms with Crippen LogP contribution in [0.2, 0.25) is 0 Å². The molecule has 8 heteroatoms. The Balaban J connectivity index is 2.08. The van der Waals surface area contributed by atoms with Crippen molar-refractivity contribution in [1.82, 2.24) is 4.31 Å². The number of anilines is 1. The van der Waals surface area contributed by atoms with E-state index >= 15 is 0 Å². The molecular formula is C12H13F3N2O2S. The minimum Gasteiger partial charge on any atom is -0.354 e. The van der Waals surface area contributed by atoms with Gasteiger partial charge in [0.05, 0.1) is 6.17 Å². The molecular weight excluding hydrogens is 293 g/mol. The number of halogens is 3. The van der Waals surface area contributed by atoms with Gasteiger partial charge >= 0.3 is 15.5 Å². The van der Waals surface area contributed by atoms with Gasteiger partial charge in [0.1, 0.15) is 0 Å². The van der Waals surface area contributed by atoms with Gasteiger partial charge < -0.3 is 4.90 Å². The second-order valence-corrected chi connectivity index (χ2v) is 6.82. The van der Waals surface area contributed by atoms with E-state index in [1.165, 1.54) is 0 Å². The fourth-order valence-electron chi connectivity index (χ4n) is 2.91. The molecule has 2 aliphatic heterocycles. The highest BCUT2D eigenvalue weighted by Gasteiger charge is 2.54. The zero-order valence-electron chi connectivity index (χ0n) is 10.5. The Labute approximate surface area is 114 Å². The topological polar surface area (TPSA) is 40.6 Å². The first-order valence-corrected chi connectivity index (χ1v) is 7.69. The van der Waals surface area contributed by atoms with Crippen molar-refractivity contribution in [3.05, 3.63) is 29.8 Å². The van der Waals surface area contributed by atoms with Gasteiger partial charge in [0.25, 0.3) is 0 Å². The Morgan fingerprint density at radius 2 is 1.90 bits per heavy atom. The van der Waals surface area contributed by atoms with Crippen molar-refractivity contribution < 1.29 is 21.6 Å². The van der Waals surface area contributed by atoms with Crippen LogP contribution in [0.4, 0.5) is 18.9 Å². The lowest BCUT2D eigenvalue weighted by molar-refractivity contribution is -0.0504. The summed E-state index contributed by atoms with van der Waals surface area (Å²) in [6.07, 6.45) is 0.378. The SMILES string of the molecule is O=S(=O)(N1Cc2ccccc2N2CCCC21)C(F)(F)F. The van der Waals surface area contributed by atoms with Gasteiger partial charge in [0.2, 0.25) is 0 Å². The molecule has 4 nitrogen and oxygen atoms in total. The third-order valence-corrected chi connectivity index (χ3v) is 5.36. The van der Waals surface area contributed by atoms with Gasteiger partial charge in [-0.1, -0.05) is 18.2 Å². The zero-order chi connectivity index (χ0) is 14.5. The third-order valence-electron chi connectivity index (χ3n) is 3.78. The van der Waals surface area contributed by atoms with Crippen LogP contribution in [0.15, 0.2) is 24.3 Å². The normalized spacial score (nSPS) is 23.6. The van der Waals surface area contributed by atoms with Crippen molar-refractivity contribution in [2.45, 2.75) is 31.1 Å². The number of para-hydroxylation sites is 1. The Morgan fingerprint density at radius 3 is 2.60 bits per heavy atom. The van der Waals surface area contributed by atoms with Crippen LogP contribution in [-0.4, -0.2) is 30.9 Å². The van der Waals surface area contributed by atoms with Crippen LogP contribution in [0.5, 0.6) is 0 Å². The Hall–Kier alpha value is -1.28. The fourth-order valence-corrected chi connectivity index (χ4v) is 4.02. The summed E-state index contributed by atoms with van der Waals surface area (Å²) in [5.74, 6) is 0. The summed E-state index contributed by atoms with van der Waals surface area (Å²) in [4.78, 5) is 1.75. The molecule has 1 aromatic rings. The number of rotatable bonds is 1. The van der Waals surface area contributed by atoms with E-state index in [4.69, 9.17) is 0 Å². The Morgan fingerprint density at radius 1 is 1.20 bits per heavy atom. The summed E-state index contributed by atoms with van der Waals surface area (Å²) in [5.41, 5.74) is -3.81. The molecule has 1 fully saturated rings. The molecule has 0 radical (unpaired) electrons. The van der Waals surface area contributed by atoms with Crippen LogP contribution in [0.1, 0.15) is 18.4 Å². The van der Waals surface area contributed by atoms with Crippen molar-refractivity contribution >= 4 is 15.7 Å². The average Bonchev–Trinajstić information content (AvgIpc) is 2.85. The molecule has 0 spiro atoms. The summed E-state index contributed by atoms with van der Waals surface area (Å²) in [6, 6.07) is 7.00. The molecule has 110 valence electrons. The molecule has 0 aliphatic carbocycles. The second kappa shape index (κ2) is 4.36. The molecule has 20 heavy (non-hydrogen) atoms. The monoisotopic (exact) mass is 306 g/mol. The summed E-state index contributed by atoms with van der Waals surface area (Å²) in [6.45, 7) is 0.352. The van der Waals surface area contributed by atoms with Crippen LogP contribution in [-0.2, 0) is 16.6 Å². The maximum atomic E-state index is 12.8. The van der Waals surface area contributed by atoms with Crippen molar-refractivity contribution in [2.24, 2.45) is 0 Å². The van der Waals surface area contributed by atoms with E-state index in [-0.39, 0.29) is 6.54 Å². The number of sulfonamides is 1. The molecule has 0 amide bonds. The zero-order valence-corrected chi connectivity index (χ0v) is 11.3. The molecule has 2 aliphatic rings. The van der Waals surface area contributed by atoms with Gasteiger partial charge in [-0.2, -0.15) is 17.5 Å². The first-order chi connectivity index (χ1) is 9.32. The highest BCUT2D eigenvalue weighted by molar-refractivity contribution is 7.90. The lowest BCUT2D eigenvalue weighted by Gasteiger charge is -2.41. The minimum atomic E-state index is -5.30. The van der Waals surface area contributed by atoms with E-state index in [0.29, 0.717) is 29.3 Å². The first kappa shape index (κ1) is 13.7. The molecule has 2 heterocycles. The van der Waals surface area contributed by atoms with E-state index in [1.807, 2.05) is 12.1 Å². The number of alkyl halides is 3. The molecule has 0 aromatic heterocycles. The van der Waals surface area contributed by atoms with Crippen LogP contribution in [0, 0.1) is 0 Å². The fraction of sp³-hybridized carbons (Fsp3) is 0.500. The largest absolute Gasteiger partial charge is 0.511 e. The van der Waals surface area contributed by atoms with Gasteiger partial charge in [-0.05, 0) is 24.5 Å². The molecule has 0 bridgehead atoms. The standard InChI is InChI=1S/C12H13F3N2O2S/c13-12(14,15)20(18,19)17-8-9-4-1-2-5-10(9)16-7-3-6-11(16)17/h1-2,4-5,11H,3,6-8H2. The van der Waals surface area contributed by atoms with Crippen molar-refractivity contribution in [3.63, 3.8) is 0 Å². The molecule has 3 rings (SSSR count). The summed E-state index contributed by atoms with van der Waals surface area (Å²) >= 11 is 0.